The molecule has 1 saturated heterocycles. The molecule has 5 heteroatoms. The number of methoxy groups -OCH3 is 4. The summed E-state index contributed by atoms with van der Waals surface area (Å²) >= 11 is 0. The average molecular weight is 410 g/mol. The molecule has 0 amide bonds. The van der Waals surface area contributed by atoms with Gasteiger partial charge in [-0.2, -0.15) is 0 Å². The number of fused-ring (bicyclic) bond motifs is 1. The van der Waals surface area contributed by atoms with E-state index in [1.54, 1.807) is 28.4 Å². The molecule has 2 heterocycles. The van der Waals surface area contributed by atoms with Crippen LogP contribution in [0.1, 0.15) is 36.8 Å². The lowest BCUT2D eigenvalue weighted by molar-refractivity contribution is 0.165. The van der Waals surface area contributed by atoms with Crippen LogP contribution in [0.3, 0.4) is 0 Å². The molecular formula is C25H31NO4. The van der Waals surface area contributed by atoms with Crippen molar-refractivity contribution in [2.45, 2.75) is 31.7 Å². The summed E-state index contributed by atoms with van der Waals surface area (Å²) in [5.41, 5.74) is 5.11. The van der Waals surface area contributed by atoms with Crippen molar-refractivity contribution in [3.05, 3.63) is 47.5 Å². The molecule has 30 heavy (non-hydrogen) atoms. The van der Waals surface area contributed by atoms with Gasteiger partial charge in [-0.25, -0.2) is 0 Å². The van der Waals surface area contributed by atoms with E-state index in [0.717, 1.165) is 36.0 Å². The van der Waals surface area contributed by atoms with Crippen LogP contribution in [-0.4, -0.2) is 52.5 Å². The van der Waals surface area contributed by atoms with Gasteiger partial charge in [-0.3, -0.25) is 4.90 Å². The van der Waals surface area contributed by atoms with Gasteiger partial charge in [0.25, 0.3) is 0 Å². The van der Waals surface area contributed by atoms with Crippen molar-refractivity contribution in [3.8, 4) is 23.0 Å². The van der Waals surface area contributed by atoms with Crippen LogP contribution in [0.15, 0.2) is 36.4 Å². The Morgan fingerprint density at radius 3 is 1.83 bits per heavy atom. The van der Waals surface area contributed by atoms with Crippen LogP contribution in [-0.2, 0) is 0 Å². The van der Waals surface area contributed by atoms with Crippen molar-refractivity contribution >= 4 is 11.1 Å². The third-order valence-electron chi connectivity index (χ3n) is 6.38. The summed E-state index contributed by atoms with van der Waals surface area (Å²) in [4.78, 5) is 2.64. The highest BCUT2D eigenvalue weighted by atomic mass is 16.5. The van der Waals surface area contributed by atoms with Crippen molar-refractivity contribution in [1.82, 2.24) is 4.90 Å². The third kappa shape index (κ3) is 3.86. The van der Waals surface area contributed by atoms with Crippen LogP contribution in [0.4, 0.5) is 0 Å². The van der Waals surface area contributed by atoms with Crippen molar-refractivity contribution in [2.24, 2.45) is 0 Å². The molecule has 0 aliphatic carbocycles. The molecule has 0 N–H and O–H groups in total. The molecule has 2 aliphatic heterocycles. The van der Waals surface area contributed by atoms with E-state index >= 15 is 0 Å². The van der Waals surface area contributed by atoms with Gasteiger partial charge in [0.05, 0.1) is 28.4 Å². The SMILES string of the molecule is COc1ccc(C2=C(c3ccc(OC)c(OC)c3)CN3CCCC[C@@H]3C2)cc1OC. The van der Waals surface area contributed by atoms with Gasteiger partial charge in [-0.05, 0) is 72.3 Å². The molecule has 2 aliphatic rings. The van der Waals surface area contributed by atoms with E-state index in [9.17, 15) is 0 Å². The second-order valence-electron chi connectivity index (χ2n) is 7.92. The predicted molar refractivity (Wildman–Crippen MR) is 120 cm³/mol. The molecule has 0 aromatic heterocycles. The lowest BCUT2D eigenvalue weighted by Gasteiger charge is -2.41. The first kappa shape index (κ1) is 20.6. The summed E-state index contributed by atoms with van der Waals surface area (Å²) in [6, 6.07) is 13.1. The Hall–Kier alpha value is -2.66. The average Bonchev–Trinajstić information content (AvgIpc) is 2.82. The molecule has 2 aromatic rings. The van der Waals surface area contributed by atoms with E-state index < -0.39 is 0 Å². The quantitative estimate of drug-likeness (QED) is 0.679. The molecular weight excluding hydrogens is 378 g/mol. The number of benzene rings is 2. The molecule has 160 valence electrons. The second kappa shape index (κ2) is 9.00. The highest BCUT2D eigenvalue weighted by Crippen LogP contribution is 2.42. The fourth-order valence-electron chi connectivity index (χ4n) is 4.76. The van der Waals surface area contributed by atoms with Crippen LogP contribution in [0.5, 0.6) is 23.0 Å². The van der Waals surface area contributed by atoms with E-state index in [1.165, 1.54) is 48.1 Å². The number of hydrogen-bond acceptors (Lipinski definition) is 5. The van der Waals surface area contributed by atoms with Crippen LogP contribution in [0.2, 0.25) is 0 Å². The first-order valence-corrected chi connectivity index (χ1v) is 10.6. The minimum absolute atomic E-state index is 0.603. The van der Waals surface area contributed by atoms with E-state index in [2.05, 4.69) is 29.2 Å². The van der Waals surface area contributed by atoms with Crippen LogP contribution < -0.4 is 18.9 Å². The minimum atomic E-state index is 0.603. The first-order chi connectivity index (χ1) is 14.7. The highest BCUT2D eigenvalue weighted by Gasteiger charge is 2.31. The molecule has 4 rings (SSSR count). The largest absolute Gasteiger partial charge is 0.493 e. The number of rotatable bonds is 6. The zero-order valence-corrected chi connectivity index (χ0v) is 18.4. The molecule has 2 aromatic carbocycles. The lowest BCUT2D eigenvalue weighted by atomic mass is 9.82. The smallest absolute Gasteiger partial charge is 0.161 e. The van der Waals surface area contributed by atoms with Gasteiger partial charge < -0.3 is 18.9 Å². The van der Waals surface area contributed by atoms with Crippen LogP contribution >= 0.6 is 0 Å². The van der Waals surface area contributed by atoms with Crippen molar-refractivity contribution in [2.75, 3.05) is 41.5 Å². The maximum absolute atomic E-state index is 5.59. The monoisotopic (exact) mass is 409 g/mol. The Morgan fingerprint density at radius 2 is 1.27 bits per heavy atom. The topological polar surface area (TPSA) is 40.2 Å². The summed E-state index contributed by atoms with van der Waals surface area (Å²) in [5.74, 6) is 3.03. The normalized spacial score (nSPS) is 19.3. The van der Waals surface area contributed by atoms with Crippen molar-refractivity contribution < 1.29 is 18.9 Å². The fourth-order valence-corrected chi connectivity index (χ4v) is 4.76. The van der Waals surface area contributed by atoms with E-state index in [0.29, 0.717) is 6.04 Å². The predicted octanol–water partition coefficient (Wildman–Crippen LogP) is 4.89. The minimum Gasteiger partial charge on any atom is -0.493 e. The molecule has 1 fully saturated rings. The zero-order chi connectivity index (χ0) is 21.1. The summed E-state index contributed by atoms with van der Waals surface area (Å²) in [6.07, 6.45) is 4.89. The van der Waals surface area contributed by atoms with Gasteiger partial charge in [0, 0.05) is 12.6 Å². The third-order valence-corrected chi connectivity index (χ3v) is 6.38. The fraction of sp³-hybridized carbons (Fsp3) is 0.440. The number of ether oxygens (including phenoxy) is 4. The van der Waals surface area contributed by atoms with Gasteiger partial charge >= 0.3 is 0 Å². The Morgan fingerprint density at radius 1 is 0.700 bits per heavy atom. The maximum atomic E-state index is 5.59. The lowest BCUT2D eigenvalue weighted by Crippen LogP contribution is -2.43. The molecule has 0 bridgehead atoms. The van der Waals surface area contributed by atoms with E-state index in [-0.39, 0.29) is 0 Å². The first-order valence-electron chi connectivity index (χ1n) is 10.6. The molecule has 0 saturated carbocycles. The number of piperidine rings is 1. The summed E-state index contributed by atoms with van der Waals surface area (Å²) in [5, 5.41) is 0. The Labute approximate surface area is 179 Å². The summed E-state index contributed by atoms with van der Waals surface area (Å²) in [7, 11) is 6.72. The number of nitrogens with zero attached hydrogens (tertiary/aromatic N) is 1. The zero-order valence-electron chi connectivity index (χ0n) is 18.4. The van der Waals surface area contributed by atoms with E-state index in [1.807, 2.05) is 12.1 Å². The van der Waals surface area contributed by atoms with Gasteiger partial charge in [0.1, 0.15) is 0 Å². The molecule has 5 nitrogen and oxygen atoms in total. The maximum Gasteiger partial charge on any atom is 0.161 e. The molecule has 0 radical (unpaired) electrons. The summed E-state index contributed by atoms with van der Waals surface area (Å²) < 4.78 is 22.1. The van der Waals surface area contributed by atoms with Gasteiger partial charge in [0.15, 0.2) is 23.0 Å². The Balaban J connectivity index is 1.84. The van der Waals surface area contributed by atoms with Crippen molar-refractivity contribution in [1.29, 1.82) is 0 Å². The molecule has 0 unspecified atom stereocenters. The Bertz CT molecular complexity index is 861. The molecule has 0 spiro atoms. The van der Waals surface area contributed by atoms with Gasteiger partial charge in [-0.15, -0.1) is 0 Å². The molecule has 1 atom stereocenters. The standard InChI is InChI=1S/C25H31NO4/c1-27-22-10-8-17(13-24(22)29-3)20-15-19-7-5-6-12-26(19)16-21(20)18-9-11-23(28-2)25(14-18)30-4/h8-11,13-14,19H,5-7,12,15-16H2,1-4H3/t19-/m1/s1. The van der Waals surface area contributed by atoms with Gasteiger partial charge in [0.2, 0.25) is 0 Å². The summed E-state index contributed by atoms with van der Waals surface area (Å²) in [6.45, 7) is 2.12. The van der Waals surface area contributed by atoms with Crippen LogP contribution in [0, 0.1) is 0 Å². The number of hydrogen-bond donors (Lipinski definition) is 0. The van der Waals surface area contributed by atoms with Crippen LogP contribution in [0.25, 0.3) is 11.1 Å². The Kier molecular flexibility index (Phi) is 6.18. The van der Waals surface area contributed by atoms with E-state index in [4.69, 9.17) is 18.9 Å². The van der Waals surface area contributed by atoms with Crippen molar-refractivity contribution in [3.63, 3.8) is 0 Å². The second-order valence-corrected chi connectivity index (χ2v) is 7.92. The van der Waals surface area contributed by atoms with Gasteiger partial charge in [-0.1, -0.05) is 18.6 Å². The highest BCUT2D eigenvalue weighted by molar-refractivity contribution is 5.93.